The number of rotatable bonds is 5. The molecule has 0 saturated carbocycles. The summed E-state index contributed by atoms with van der Waals surface area (Å²) in [6.45, 7) is 3.74. The molecule has 0 spiro atoms. The number of nitrogens with one attached hydrogen (secondary N) is 2. The molecule has 1 aromatic carbocycles. The van der Waals surface area contributed by atoms with E-state index < -0.39 is 0 Å². The molecule has 1 heterocycles. The molecule has 0 bridgehead atoms. The van der Waals surface area contributed by atoms with Gasteiger partial charge in [-0.15, -0.1) is 0 Å². The Morgan fingerprint density at radius 1 is 1.33 bits per heavy atom. The fourth-order valence-electron chi connectivity index (χ4n) is 2.14. The van der Waals surface area contributed by atoms with E-state index in [9.17, 15) is 14.7 Å². The molecule has 1 unspecified atom stereocenters. The smallest absolute Gasteiger partial charge is 0.272 e. The minimum absolute atomic E-state index is 0.0561. The monoisotopic (exact) mass is 289 g/mol. The van der Waals surface area contributed by atoms with E-state index in [4.69, 9.17) is 0 Å². The van der Waals surface area contributed by atoms with Gasteiger partial charge in [0.2, 0.25) is 5.91 Å². The fourth-order valence-corrected chi connectivity index (χ4v) is 2.14. The van der Waals surface area contributed by atoms with Crippen molar-refractivity contribution in [3.05, 3.63) is 40.3 Å². The van der Waals surface area contributed by atoms with Gasteiger partial charge in [-0.1, -0.05) is 32.0 Å². The summed E-state index contributed by atoms with van der Waals surface area (Å²) in [6.07, 6.45) is 0.0561. The topological polar surface area (TPSA) is 95.1 Å². The van der Waals surface area contributed by atoms with E-state index in [0.717, 1.165) is 0 Å². The van der Waals surface area contributed by atoms with Crippen molar-refractivity contribution in [2.45, 2.75) is 26.3 Å². The number of H-pyrrole nitrogens is 1. The van der Waals surface area contributed by atoms with Crippen LogP contribution in [0.25, 0.3) is 10.8 Å². The van der Waals surface area contributed by atoms with Crippen molar-refractivity contribution in [2.24, 2.45) is 5.92 Å². The summed E-state index contributed by atoms with van der Waals surface area (Å²) in [5.41, 5.74) is 0.244. The number of aromatic amines is 1. The Balaban J connectivity index is 2.22. The van der Waals surface area contributed by atoms with Crippen molar-refractivity contribution in [2.75, 3.05) is 6.61 Å². The molecule has 6 heteroatoms. The van der Waals surface area contributed by atoms with Crippen LogP contribution in [0.3, 0.4) is 0 Å². The lowest BCUT2D eigenvalue weighted by Crippen LogP contribution is -2.42. The number of aliphatic hydroxyl groups excluding tert-OH is 1. The van der Waals surface area contributed by atoms with Crippen molar-refractivity contribution in [1.29, 1.82) is 0 Å². The van der Waals surface area contributed by atoms with E-state index in [1.807, 2.05) is 13.8 Å². The van der Waals surface area contributed by atoms with E-state index in [0.29, 0.717) is 16.5 Å². The molecule has 0 saturated heterocycles. The minimum atomic E-state index is -0.286. The first kappa shape index (κ1) is 15.2. The van der Waals surface area contributed by atoms with Gasteiger partial charge in [0.15, 0.2) is 0 Å². The van der Waals surface area contributed by atoms with Gasteiger partial charge in [-0.05, 0) is 12.0 Å². The largest absolute Gasteiger partial charge is 0.394 e. The number of fused-ring (bicyclic) bond motifs is 1. The van der Waals surface area contributed by atoms with Gasteiger partial charge in [-0.3, -0.25) is 9.59 Å². The highest BCUT2D eigenvalue weighted by Crippen LogP contribution is 2.13. The molecule has 0 fully saturated rings. The average molecular weight is 289 g/mol. The number of nitrogens with zero attached hydrogens (tertiary/aromatic N) is 1. The maximum Gasteiger partial charge on any atom is 0.272 e. The van der Waals surface area contributed by atoms with Gasteiger partial charge < -0.3 is 10.4 Å². The molecule has 1 amide bonds. The van der Waals surface area contributed by atoms with Crippen LogP contribution in [-0.2, 0) is 11.2 Å². The number of carbonyl (C=O) groups is 1. The third kappa shape index (κ3) is 3.46. The maximum atomic E-state index is 12.1. The Hall–Kier alpha value is -2.21. The molecule has 3 N–H and O–H groups in total. The number of hydrogen-bond donors (Lipinski definition) is 3. The highest BCUT2D eigenvalue weighted by atomic mass is 16.3. The van der Waals surface area contributed by atoms with Gasteiger partial charge in [-0.2, -0.15) is 5.10 Å². The molecule has 0 radical (unpaired) electrons. The van der Waals surface area contributed by atoms with Crippen LogP contribution in [0.15, 0.2) is 29.1 Å². The predicted molar refractivity (Wildman–Crippen MR) is 79.9 cm³/mol. The van der Waals surface area contributed by atoms with Gasteiger partial charge in [0.25, 0.3) is 5.56 Å². The van der Waals surface area contributed by atoms with Crippen molar-refractivity contribution in [3.8, 4) is 0 Å². The van der Waals surface area contributed by atoms with E-state index in [2.05, 4.69) is 15.5 Å². The summed E-state index contributed by atoms with van der Waals surface area (Å²) in [4.78, 5) is 23.7. The van der Waals surface area contributed by atoms with Crippen LogP contribution >= 0.6 is 0 Å². The van der Waals surface area contributed by atoms with Crippen LogP contribution in [0.1, 0.15) is 19.5 Å². The lowest BCUT2D eigenvalue weighted by molar-refractivity contribution is -0.121. The van der Waals surface area contributed by atoms with Gasteiger partial charge in [0, 0.05) is 5.39 Å². The van der Waals surface area contributed by atoms with Gasteiger partial charge in [0.05, 0.1) is 30.1 Å². The number of carbonyl (C=O) groups excluding carboxylic acids is 1. The molecular formula is C15H19N3O3. The summed E-state index contributed by atoms with van der Waals surface area (Å²) < 4.78 is 0. The molecule has 112 valence electrons. The summed E-state index contributed by atoms with van der Waals surface area (Å²) in [5.74, 6) is -0.0910. The van der Waals surface area contributed by atoms with Gasteiger partial charge in [-0.25, -0.2) is 5.10 Å². The Kier molecular flexibility index (Phi) is 4.70. The van der Waals surface area contributed by atoms with E-state index in [-0.39, 0.29) is 36.5 Å². The molecule has 1 atom stereocenters. The third-order valence-corrected chi connectivity index (χ3v) is 3.45. The van der Waals surface area contributed by atoms with Crippen molar-refractivity contribution >= 4 is 16.7 Å². The van der Waals surface area contributed by atoms with Crippen LogP contribution in [0.5, 0.6) is 0 Å². The molecule has 0 aliphatic carbocycles. The third-order valence-electron chi connectivity index (χ3n) is 3.45. The normalized spacial score (nSPS) is 12.6. The summed E-state index contributed by atoms with van der Waals surface area (Å²) >= 11 is 0. The van der Waals surface area contributed by atoms with Crippen LogP contribution in [0.4, 0.5) is 0 Å². The van der Waals surface area contributed by atoms with Crippen LogP contribution in [0.2, 0.25) is 0 Å². The zero-order valence-corrected chi connectivity index (χ0v) is 12.1. The van der Waals surface area contributed by atoms with Gasteiger partial charge in [0.1, 0.15) is 0 Å². The SMILES string of the molecule is CC(C)C(CO)NC(=O)Cc1n[nH]c(=O)c2ccccc12. The molecule has 6 nitrogen and oxygen atoms in total. The Labute approximate surface area is 122 Å². The summed E-state index contributed by atoms with van der Waals surface area (Å²) in [7, 11) is 0. The zero-order valence-electron chi connectivity index (χ0n) is 12.1. The zero-order chi connectivity index (χ0) is 15.4. The van der Waals surface area contributed by atoms with Crippen LogP contribution in [0, 0.1) is 5.92 Å². The number of aliphatic hydroxyl groups is 1. The lowest BCUT2D eigenvalue weighted by Gasteiger charge is -2.19. The molecular weight excluding hydrogens is 270 g/mol. The number of benzene rings is 1. The Morgan fingerprint density at radius 3 is 2.62 bits per heavy atom. The van der Waals surface area contributed by atoms with Gasteiger partial charge >= 0.3 is 0 Å². The molecule has 2 aromatic rings. The second kappa shape index (κ2) is 6.49. The molecule has 1 aromatic heterocycles. The predicted octanol–water partition coefficient (Wildman–Crippen LogP) is 0.599. The average Bonchev–Trinajstić information content (AvgIpc) is 2.47. The molecule has 2 rings (SSSR count). The number of hydrogen-bond acceptors (Lipinski definition) is 4. The van der Waals surface area contributed by atoms with Crippen LogP contribution in [-0.4, -0.2) is 33.9 Å². The number of amides is 1. The fraction of sp³-hybridized carbons (Fsp3) is 0.400. The Morgan fingerprint density at radius 2 is 2.00 bits per heavy atom. The highest BCUT2D eigenvalue weighted by Gasteiger charge is 2.17. The van der Waals surface area contributed by atoms with E-state index in [1.165, 1.54) is 0 Å². The van der Waals surface area contributed by atoms with Crippen LogP contribution < -0.4 is 10.9 Å². The molecule has 0 aliphatic heterocycles. The van der Waals surface area contributed by atoms with Crippen molar-refractivity contribution in [3.63, 3.8) is 0 Å². The lowest BCUT2D eigenvalue weighted by atomic mass is 10.0. The van der Waals surface area contributed by atoms with E-state index >= 15 is 0 Å². The first-order chi connectivity index (χ1) is 10.0. The van der Waals surface area contributed by atoms with Crippen molar-refractivity contribution < 1.29 is 9.90 Å². The first-order valence-electron chi connectivity index (χ1n) is 6.89. The summed E-state index contributed by atoms with van der Waals surface area (Å²) in [5, 5.41) is 19.6. The number of aromatic nitrogens is 2. The van der Waals surface area contributed by atoms with Crippen molar-refractivity contribution in [1.82, 2.24) is 15.5 Å². The first-order valence-corrected chi connectivity index (χ1v) is 6.89. The minimum Gasteiger partial charge on any atom is -0.394 e. The second-order valence-corrected chi connectivity index (χ2v) is 5.32. The quantitative estimate of drug-likeness (QED) is 0.751. The highest BCUT2D eigenvalue weighted by molar-refractivity contribution is 5.88. The van der Waals surface area contributed by atoms with E-state index in [1.54, 1.807) is 24.3 Å². The molecule has 21 heavy (non-hydrogen) atoms. The standard InChI is InChI=1S/C15H19N3O3/c1-9(2)13(8-19)16-14(20)7-12-10-5-3-4-6-11(10)15(21)18-17-12/h3-6,9,13,19H,7-8H2,1-2H3,(H,16,20)(H,18,21). The Bertz CT molecular complexity index is 694. The maximum absolute atomic E-state index is 12.1. The molecule has 0 aliphatic rings. The second-order valence-electron chi connectivity index (χ2n) is 5.32. The summed E-state index contributed by atoms with van der Waals surface area (Å²) in [6, 6.07) is 6.75.